The van der Waals surface area contributed by atoms with Crippen molar-refractivity contribution in [1.29, 1.82) is 5.26 Å². The molecule has 0 amide bonds. The first kappa shape index (κ1) is 10.9. The van der Waals surface area contributed by atoms with Crippen LogP contribution in [0.3, 0.4) is 0 Å². The van der Waals surface area contributed by atoms with Gasteiger partial charge in [-0.3, -0.25) is 0 Å². The predicted octanol–water partition coefficient (Wildman–Crippen LogP) is 0.151. The number of aliphatic hydroxyl groups excluding tert-OH is 1. The second kappa shape index (κ2) is 4.92. The Labute approximate surface area is 93.9 Å². The summed E-state index contributed by atoms with van der Waals surface area (Å²) < 4.78 is 5.35. The Hall–Kier alpha value is -1.64. The lowest BCUT2D eigenvalue weighted by molar-refractivity contribution is 0.00335. The van der Waals surface area contributed by atoms with Crippen LogP contribution in [0.2, 0.25) is 0 Å². The standard InChI is InChI=1S/C11H13N3O2/c12-6-9-2-1-3-13-11(9)14-4-5-16-10(7-14)8-15/h1-3,10,15H,4-5,7-8H2. The Morgan fingerprint density at radius 3 is 3.31 bits per heavy atom. The lowest BCUT2D eigenvalue weighted by Crippen LogP contribution is -2.44. The summed E-state index contributed by atoms with van der Waals surface area (Å²) >= 11 is 0. The Kier molecular flexibility index (Phi) is 3.34. The number of anilines is 1. The molecule has 2 rings (SSSR count). The molecule has 1 aromatic rings. The van der Waals surface area contributed by atoms with E-state index >= 15 is 0 Å². The number of morpholine rings is 1. The molecule has 2 heterocycles. The van der Waals surface area contributed by atoms with Crippen molar-refractivity contribution in [3.63, 3.8) is 0 Å². The fourth-order valence-corrected chi connectivity index (χ4v) is 1.76. The van der Waals surface area contributed by atoms with Gasteiger partial charge in [0, 0.05) is 19.3 Å². The Bertz CT molecular complexity index is 402. The van der Waals surface area contributed by atoms with Gasteiger partial charge >= 0.3 is 0 Å². The lowest BCUT2D eigenvalue weighted by atomic mass is 10.2. The van der Waals surface area contributed by atoms with Crippen molar-refractivity contribution in [2.45, 2.75) is 6.10 Å². The SMILES string of the molecule is N#Cc1cccnc1N1CCOC(CO)C1. The molecule has 84 valence electrons. The summed E-state index contributed by atoms with van der Waals surface area (Å²) in [5.74, 6) is 0.673. The van der Waals surface area contributed by atoms with E-state index in [0.29, 0.717) is 31.1 Å². The molecule has 1 saturated heterocycles. The quantitative estimate of drug-likeness (QED) is 0.766. The number of ether oxygens (including phenoxy) is 1. The number of aromatic nitrogens is 1. The highest BCUT2D eigenvalue weighted by Gasteiger charge is 2.22. The smallest absolute Gasteiger partial charge is 0.146 e. The predicted molar refractivity (Wildman–Crippen MR) is 58.0 cm³/mol. The molecule has 0 aliphatic carbocycles. The van der Waals surface area contributed by atoms with Gasteiger partial charge in [0.25, 0.3) is 0 Å². The molecule has 1 aliphatic heterocycles. The van der Waals surface area contributed by atoms with Crippen LogP contribution in [0.1, 0.15) is 5.56 Å². The highest BCUT2D eigenvalue weighted by Crippen LogP contribution is 2.18. The van der Waals surface area contributed by atoms with Gasteiger partial charge in [-0.15, -0.1) is 0 Å². The van der Waals surface area contributed by atoms with E-state index in [1.54, 1.807) is 18.3 Å². The van der Waals surface area contributed by atoms with Crippen LogP contribution in [0.25, 0.3) is 0 Å². The molecule has 0 aromatic carbocycles. The summed E-state index contributed by atoms with van der Waals surface area (Å²) in [5.41, 5.74) is 0.557. The molecule has 1 atom stereocenters. The molecule has 1 N–H and O–H groups in total. The summed E-state index contributed by atoms with van der Waals surface area (Å²) in [6.45, 7) is 1.81. The van der Waals surface area contributed by atoms with Gasteiger partial charge in [0.15, 0.2) is 0 Å². The summed E-state index contributed by atoms with van der Waals surface area (Å²) in [5, 5.41) is 18.0. The van der Waals surface area contributed by atoms with Crippen molar-refractivity contribution in [2.75, 3.05) is 31.2 Å². The van der Waals surface area contributed by atoms with Gasteiger partial charge in [0.05, 0.1) is 24.9 Å². The number of rotatable bonds is 2. The van der Waals surface area contributed by atoms with E-state index in [2.05, 4.69) is 11.1 Å². The van der Waals surface area contributed by atoms with E-state index in [0.717, 1.165) is 0 Å². The summed E-state index contributed by atoms with van der Waals surface area (Å²) in [6.07, 6.45) is 1.47. The molecule has 1 fully saturated rings. The second-order valence-corrected chi connectivity index (χ2v) is 3.61. The zero-order valence-corrected chi connectivity index (χ0v) is 8.83. The van der Waals surface area contributed by atoms with Crippen LogP contribution >= 0.6 is 0 Å². The van der Waals surface area contributed by atoms with Gasteiger partial charge < -0.3 is 14.7 Å². The van der Waals surface area contributed by atoms with Crippen LogP contribution in [-0.2, 0) is 4.74 Å². The average molecular weight is 219 g/mol. The third-order valence-electron chi connectivity index (χ3n) is 2.55. The van der Waals surface area contributed by atoms with Gasteiger partial charge in [-0.1, -0.05) is 0 Å². The van der Waals surface area contributed by atoms with Crippen molar-refractivity contribution in [2.24, 2.45) is 0 Å². The average Bonchev–Trinajstić information content (AvgIpc) is 2.38. The monoisotopic (exact) mass is 219 g/mol. The van der Waals surface area contributed by atoms with Crippen molar-refractivity contribution in [3.05, 3.63) is 23.9 Å². The molecular formula is C11H13N3O2. The Balaban J connectivity index is 2.20. The topological polar surface area (TPSA) is 69.4 Å². The van der Waals surface area contributed by atoms with Gasteiger partial charge in [-0.05, 0) is 12.1 Å². The van der Waals surface area contributed by atoms with Gasteiger partial charge in [-0.2, -0.15) is 5.26 Å². The number of hydrogen-bond acceptors (Lipinski definition) is 5. The van der Waals surface area contributed by atoms with Crippen LogP contribution in [-0.4, -0.2) is 42.5 Å². The largest absolute Gasteiger partial charge is 0.394 e. The van der Waals surface area contributed by atoms with Crippen LogP contribution < -0.4 is 4.90 Å². The molecular weight excluding hydrogens is 206 g/mol. The maximum Gasteiger partial charge on any atom is 0.146 e. The number of aliphatic hydroxyl groups is 1. The van der Waals surface area contributed by atoms with Gasteiger partial charge in [0.1, 0.15) is 11.9 Å². The minimum atomic E-state index is -0.192. The van der Waals surface area contributed by atoms with Crippen molar-refractivity contribution in [3.8, 4) is 6.07 Å². The van der Waals surface area contributed by atoms with Crippen LogP contribution in [0.4, 0.5) is 5.82 Å². The second-order valence-electron chi connectivity index (χ2n) is 3.61. The van der Waals surface area contributed by atoms with Crippen molar-refractivity contribution < 1.29 is 9.84 Å². The zero-order valence-electron chi connectivity index (χ0n) is 8.83. The van der Waals surface area contributed by atoms with E-state index in [1.165, 1.54) is 0 Å². The molecule has 1 unspecified atom stereocenters. The van der Waals surface area contributed by atoms with Crippen molar-refractivity contribution in [1.82, 2.24) is 4.98 Å². The van der Waals surface area contributed by atoms with E-state index in [4.69, 9.17) is 15.1 Å². The van der Waals surface area contributed by atoms with Crippen LogP contribution in [0.5, 0.6) is 0 Å². The van der Waals surface area contributed by atoms with Gasteiger partial charge in [-0.25, -0.2) is 4.98 Å². The highest BCUT2D eigenvalue weighted by atomic mass is 16.5. The zero-order chi connectivity index (χ0) is 11.4. The summed E-state index contributed by atoms with van der Waals surface area (Å²) in [7, 11) is 0. The molecule has 0 spiro atoms. The molecule has 1 aliphatic rings. The first-order valence-electron chi connectivity index (χ1n) is 5.17. The fourth-order valence-electron chi connectivity index (χ4n) is 1.76. The number of pyridine rings is 1. The first-order chi connectivity index (χ1) is 7.85. The minimum Gasteiger partial charge on any atom is -0.394 e. The number of nitriles is 1. The molecule has 5 nitrogen and oxygen atoms in total. The molecule has 0 radical (unpaired) electrons. The van der Waals surface area contributed by atoms with E-state index in [1.807, 2.05) is 4.90 Å². The fraction of sp³-hybridized carbons (Fsp3) is 0.455. The van der Waals surface area contributed by atoms with E-state index < -0.39 is 0 Å². The summed E-state index contributed by atoms with van der Waals surface area (Å²) in [6, 6.07) is 5.60. The van der Waals surface area contributed by atoms with Crippen LogP contribution in [0, 0.1) is 11.3 Å². The normalized spacial score (nSPS) is 20.5. The molecule has 0 bridgehead atoms. The van der Waals surface area contributed by atoms with Gasteiger partial charge in [0.2, 0.25) is 0 Å². The molecule has 1 aromatic heterocycles. The lowest BCUT2D eigenvalue weighted by Gasteiger charge is -2.33. The molecule has 0 saturated carbocycles. The highest BCUT2D eigenvalue weighted by molar-refractivity contribution is 5.53. The third-order valence-corrected chi connectivity index (χ3v) is 2.55. The molecule has 16 heavy (non-hydrogen) atoms. The Morgan fingerprint density at radius 1 is 1.69 bits per heavy atom. The first-order valence-corrected chi connectivity index (χ1v) is 5.17. The van der Waals surface area contributed by atoms with E-state index in [-0.39, 0.29) is 12.7 Å². The number of hydrogen-bond donors (Lipinski definition) is 1. The Morgan fingerprint density at radius 2 is 2.56 bits per heavy atom. The van der Waals surface area contributed by atoms with E-state index in [9.17, 15) is 0 Å². The minimum absolute atomic E-state index is 0.00871. The number of nitrogens with zero attached hydrogens (tertiary/aromatic N) is 3. The maximum absolute atomic E-state index is 9.05. The van der Waals surface area contributed by atoms with Crippen molar-refractivity contribution >= 4 is 5.82 Å². The maximum atomic E-state index is 9.05. The third kappa shape index (κ3) is 2.13. The van der Waals surface area contributed by atoms with Crippen LogP contribution in [0.15, 0.2) is 18.3 Å². The summed E-state index contributed by atoms with van der Waals surface area (Å²) in [4.78, 5) is 6.18. The molecule has 5 heteroatoms.